The van der Waals surface area contributed by atoms with E-state index in [1.165, 1.54) is 0 Å². The standard InChI is InChI=1S/C17H19N3O2/c1-11-8-16-14(17(9-11)20-22-3)10-15(18-19-16)12-4-6-13(21-2)7-5-12/h4-7,10-11H,8-9H2,1-3H3/b20-17+. The van der Waals surface area contributed by atoms with Crippen molar-refractivity contribution in [1.29, 1.82) is 0 Å². The average molecular weight is 297 g/mol. The van der Waals surface area contributed by atoms with Crippen LogP contribution < -0.4 is 4.74 Å². The molecule has 1 atom stereocenters. The molecule has 0 saturated carbocycles. The molecule has 2 aromatic rings. The van der Waals surface area contributed by atoms with Gasteiger partial charge in [0.15, 0.2) is 0 Å². The van der Waals surface area contributed by atoms with E-state index in [0.717, 1.165) is 46.8 Å². The normalized spacial score (nSPS) is 18.9. The highest BCUT2D eigenvalue weighted by atomic mass is 16.6. The van der Waals surface area contributed by atoms with Crippen molar-refractivity contribution < 1.29 is 9.57 Å². The first-order valence-corrected chi connectivity index (χ1v) is 7.32. The smallest absolute Gasteiger partial charge is 0.118 e. The fourth-order valence-electron chi connectivity index (χ4n) is 2.76. The van der Waals surface area contributed by atoms with Crippen molar-refractivity contribution in [3.63, 3.8) is 0 Å². The van der Waals surface area contributed by atoms with Crippen LogP contribution in [0.1, 0.15) is 24.6 Å². The topological polar surface area (TPSA) is 56.6 Å². The Balaban J connectivity index is 2.01. The van der Waals surface area contributed by atoms with Crippen LogP contribution in [0.2, 0.25) is 0 Å². The largest absolute Gasteiger partial charge is 0.497 e. The lowest BCUT2D eigenvalue weighted by Crippen LogP contribution is -2.21. The molecule has 0 radical (unpaired) electrons. The Labute approximate surface area is 130 Å². The molecule has 0 aliphatic heterocycles. The summed E-state index contributed by atoms with van der Waals surface area (Å²) < 4.78 is 5.18. The summed E-state index contributed by atoms with van der Waals surface area (Å²) in [5.41, 5.74) is 4.82. The molecule has 3 rings (SSSR count). The molecule has 1 heterocycles. The maximum Gasteiger partial charge on any atom is 0.118 e. The van der Waals surface area contributed by atoms with E-state index < -0.39 is 0 Å². The molecule has 1 aromatic heterocycles. The molecule has 1 unspecified atom stereocenters. The Morgan fingerprint density at radius 1 is 1.09 bits per heavy atom. The quantitative estimate of drug-likeness (QED) is 0.817. The van der Waals surface area contributed by atoms with Crippen LogP contribution in [0, 0.1) is 5.92 Å². The van der Waals surface area contributed by atoms with Crippen LogP contribution in [0.3, 0.4) is 0 Å². The molecule has 0 amide bonds. The number of aromatic nitrogens is 2. The Bertz CT molecular complexity index is 696. The van der Waals surface area contributed by atoms with Gasteiger partial charge in [0.1, 0.15) is 12.9 Å². The van der Waals surface area contributed by atoms with Crippen molar-refractivity contribution in [3.8, 4) is 17.0 Å². The molecule has 1 aliphatic rings. The third kappa shape index (κ3) is 2.79. The number of fused-ring (bicyclic) bond motifs is 1. The molecule has 0 fully saturated rings. The summed E-state index contributed by atoms with van der Waals surface area (Å²) in [6.07, 6.45) is 1.82. The molecule has 22 heavy (non-hydrogen) atoms. The Morgan fingerprint density at radius 2 is 1.86 bits per heavy atom. The Hall–Kier alpha value is -2.43. The van der Waals surface area contributed by atoms with Gasteiger partial charge in [-0.05, 0) is 49.1 Å². The third-order valence-corrected chi connectivity index (χ3v) is 3.85. The van der Waals surface area contributed by atoms with Gasteiger partial charge >= 0.3 is 0 Å². The van der Waals surface area contributed by atoms with Crippen LogP contribution in [-0.4, -0.2) is 30.1 Å². The minimum absolute atomic E-state index is 0.502. The molecule has 5 nitrogen and oxygen atoms in total. The summed E-state index contributed by atoms with van der Waals surface area (Å²) in [5.74, 6) is 1.33. The van der Waals surface area contributed by atoms with Crippen LogP contribution in [0.5, 0.6) is 5.75 Å². The molecule has 1 aromatic carbocycles. The number of hydrogen-bond donors (Lipinski definition) is 0. The van der Waals surface area contributed by atoms with E-state index in [9.17, 15) is 0 Å². The average Bonchev–Trinajstić information content (AvgIpc) is 2.55. The highest BCUT2D eigenvalue weighted by Crippen LogP contribution is 2.28. The lowest BCUT2D eigenvalue weighted by atomic mass is 9.86. The number of nitrogens with zero attached hydrogens (tertiary/aromatic N) is 3. The van der Waals surface area contributed by atoms with Gasteiger partial charge in [-0.25, -0.2) is 0 Å². The first-order chi connectivity index (χ1) is 10.7. The summed E-state index contributed by atoms with van der Waals surface area (Å²) in [4.78, 5) is 4.99. The summed E-state index contributed by atoms with van der Waals surface area (Å²) in [6.45, 7) is 2.19. The summed E-state index contributed by atoms with van der Waals surface area (Å²) in [7, 11) is 3.23. The lowest BCUT2D eigenvalue weighted by Gasteiger charge is -2.21. The second kappa shape index (κ2) is 6.13. The molecular weight excluding hydrogens is 278 g/mol. The molecule has 0 spiro atoms. The fraction of sp³-hybridized carbons (Fsp3) is 0.353. The van der Waals surface area contributed by atoms with E-state index in [0.29, 0.717) is 5.92 Å². The predicted molar refractivity (Wildman–Crippen MR) is 85.1 cm³/mol. The van der Waals surface area contributed by atoms with Gasteiger partial charge in [0, 0.05) is 11.1 Å². The van der Waals surface area contributed by atoms with Crippen molar-refractivity contribution in [3.05, 3.63) is 41.6 Å². The molecule has 114 valence electrons. The number of benzene rings is 1. The maximum absolute atomic E-state index is 5.18. The van der Waals surface area contributed by atoms with E-state index in [1.807, 2.05) is 30.3 Å². The second-order valence-electron chi connectivity index (χ2n) is 5.55. The minimum atomic E-state index is 0.502. The maximum atomic E-state index is 5.18. The lowest BCUT2D eigenvalue weighted by molar-refractivity contribution is 0.212. The zero-order chi connectivity index (χ0) is 15.5. The SMILES string of the molecule is CO/N=C1\CC(C)Cc2nnc(-c3ccc(OC)cc3)cc21. The van der Waals surface area contributed by atoms with Gasteiger partial charge in [-0.2, -0.15) is 10.2 Å². The van der Waals surface area contributed by atoms with E-state index in [1.54, 1.807) is 14.2 Å². The second-order valence-corrected chi connectivity index (χ2v) is 5.55. The van der Waals surface area contributed by atoms with Gasteiger partial charge in [-0.3, -0.25) is 0 Å². The van der Waals surface area contributed by atoms with Crippen LogP contribution in [0.15, 0.2) is 35.5 Å². The Kier molecular flexibility index (Phi) is 4.04. The van der Waals surface area contributed by atoms with E-state index in [-0.39, 0.29) is 0 Å². The highest BCUT2D eigenvalue weighted by Gasteiger charge is 2.23. The van der Waals surface area contributed by atoms with Gasteiger partial charge in [0.2, 0.25) is 0 Å². The molecule has 0 saturated heterocycles. The van der Waals surface area contributed by atoms with Crippen molar-refractivity contribution in [2.75, 3.05) is 14.2 Å². The van der Waals surface area contributed by atoms with Gasteiger partial charge in [0.05, 0.1) is 24.2 Å². The Morgan fingerprint density at radius 3 is 2.55 bits per heavy atom. The van der Waals surface area contributed by atoms with E-state index in [2.05, 4.69) is 22.3 Å². The number of oxime groups is 1. The highest BCUT2D eigenvalue weighted by molar-refractivity contribution is 6.02. The van der Waals surface area contributed by atoms with Crippen LogP contribution in [0.4, 0.5) is 0 Å². The van der Waals surface area contributed by atoms with Crippen molar-refractivity contribution in [2.45, 2.75) is 19.8 Å². The monoisotopic (exact) mass is 297 g/mol. The van der Waals surface area contributed by atoms with Gasteiger partial charge in [0.25, 0.3) is 0 Å². The zero-order valence-corrected chi connectivity index (χ0v) is 13.0. The predicted octanol–water partition coefficient (Wildman–Crippen LogP) is 3.09. The summed E-state index contributed by atoms with van der Waals surface area (Å²) >= 11 is 0. The zero-order valence-electron chi connectivity index (χ0n) is 13.0. The molecule has 1 aliphatic carbocycles. The van der Waals surface area contributed by atoms with Gasteiger partial charge in [-0.1, -0.05) is 12.1 Å². The van der Waals surface area contributed by atoms with Crippen LogP contribution >= 0.6 is 0 Å². The van der Waals surface area contributed by atoms with Gasteiger partial charge in [-0.15, -0.1) is 0 Å². The van der Waals surface area contributed by atoms with Crippen molar-refractivity contribution in [1.82, 2.24) is 10.2 Å². The van der Waals surface area contributed by atoms with Crippen molar-refractivity contribution >= 4 is 5.71 Å². The summed E-state index contributed by atoms with van der Waals surface area (Å²) in [6, 6.07) is 9.85. The van der Waals surface area contributed by atoms with Crippen LogP contribution in [-0.2, 0) is 11.3 Å². The number of methoxy groups -OCH3 is 1. The molecular formula is C17H19N3O2. The van der Waals surface area contributed by atoms with E-state index >= 15 is 0 Å². The minimum Gasteiger partial charge on any atom is -0.497 e. The van der Waals surface area contributed by atoms with Crippen LogP contribution in [0.25, 0.3) is 11.3 Å². The number of hydrogen-bond acceptors (Lipinski definition) is 5. The first kappa shape index (κ1) is 14.5. The fourth-order valence-corrected chi connectivity index (χ4v) is 2.76. The molecule has 5 heteroatoms. The van der Waals surface area contributed by atoms with Gasteiger partial charge < -0.3 is 9.57 Å². The first-order valence-electron chi connectivity index (χ1n) is 7.32. The number of ether oxygens (including phenoxy) is 1. The summed E-state index contributed by atoms with van der Waals surface area (Å²) in [5, 5.41) is 12.9. The molecule has 0 bridgehead atoms. The number of rotatable bonds is 3. The van der Waals surface area contributed by atoms with Crippen molar-refractivity contribution in [2.24, 2.45) is 11.1 Å². The third-order valence-electron chi connectivity index (χ3n) is 3.85. The van der Waals surface area contributed by atoms with E-state index in [4.69, 9.17) is 9.57 Å². The molecule has 0 N–H and O–H groups in total.